The molecule has 1 aromatic carbocycles. The molecule has 1 fully saturated rings. The number of aliphatic imine (C=N–C) groups is 1. The van der Waals surface area contributed by atoms with Gasteiger partial charge in [-0.1, -0.05) is 12.1 Å². The summed E-state index contributed by atoms with van der Waals surface area (Å²) in [5.74, 6) is 1.07. The second-order valence-corrected chi connectivity index (χ2v) is 5.84. The maximum Gasteiger partial charge on any atom is 0.191 e. The van der Waals surface area contributed by atoms with Crippen LogP contribution in [0.2, 0.25) is 0 Å². The Labute approximate surface area is 137 Å². The average Bonchev–Trinajstić information content (AvgIpc) is 3.36. The maximum atomic E-state index is 12.9. The zero-order valence-electron chi connectivity index (χ0n) is 13.6. The topological polar surface area (TPSA) is 65.9 Å². The molecule has 0 spiro atoms. The summed E-state index contributed by atoms with van der Waals surface area (Å²) in [6.45, 7) is 4.61. The number of rotatable bonds is 9. The fourth-order valence-electron chi connectivity index (χ4n) is 2.03. The molecule has 6 heteroatoms. The van der Waals surface area contributed by atoms with E-state index in [2.05, 4.69) is 15.6 Å². The van der Waals surface area contributed by atoms with Crippen molar-refractivity contribution in [2.75, 3.05) is 26.3 Å². The van der Waals surface area contributed by atoms with E-state index in [1.54, 1.807) is 12.1 Å². The van der Waals surface area contributed by atoms with Crippen LogP contribution in [0.1, 0.15) is 25.3 Å². The van der Waals surface area contributed by atoms with Crippen LogP contribution in [0, 0.1) is 11.7 Å². The number of nitrogens with one attached hydrogen (secondary N) is 2. The highest BCUT2D eigenvalue weighted by Gasteiger charge is 2.21. The number of aliphatic hydroxyl groups excluding tert-OH is 1. The first-order chi connectivity index (χ1) is 11.2. The number of nitrogens with zero attached hydrogens (tertiary/aromatic N) is 1. The first kappa shape index (κ1) is 17.7. The van der Waals surface area contributed by atoms with Crippen LogP contribution in [0.4, 0.5) is 4.39 Å². The van der Waals surface area contributed by atoms with Crippen LogP contribution in [0.25, 0.3) is 0 Å². The van der Waals surface area contributed by atoms with Gasteiger partial charge in [0.2, 0.25) is 0 Å². The molecular weight excluding hydrogens is 297 g/mol. The number of benzene rings is 1. The van der Waals surface area contributed by atoms with Crippen LogP contribution in [-0.2, 0) is 11.3 Å². The van der Waals surface area contributed by atoms with E-state index in [1.807, 2.05) is 6.92 Å². The van der Waals surface area contributed by atoms with Crippen LogP contribution < -0.4 is 10.6 Å². The van der Waals surface area contributed by atoms with E-state index in [0.29, 0.717) is 31.6 Å². The van der Waals surface area contributed by atoms with Crippen molar-refractivity contribution in [3.05, 3.63) is 35.6 Å². The van der Waals surface area contributed by atoms with Crippen molar-refractivity contribution in [1.82, 2.24) is 10.6 Å². The Kier molecular flexibility index (Phi) is 7.29. The van der Waals surface area contributed by atoms with Crippen molar-refractivity contribution < 1.29 is 14.2 Å². The van der Waals surface area contributed by atoms with Gasteiger partial charge in [0.05, 0.1) is 19.3 Å². The molecule has 5 nitrogen and oxygen atoms in total. The number of hydrogen-bond acceptors (Lipinski definition) is 3. The van der Waals surface area contributed by atoms with Crippen LogP contribution >= 0.6 is 0 Å². The SMILES string of the molecule is CCNC(=NCc1ccc(F)cc1)NCC(O)COCC1CC1. The lowest BCUT2D eigenvalue weighted by Gasteiger charge is -2.15. The molecule has 0 bridgehead atoms. The lowest BCUT2D eigenvalue weighted by Crippen LogP contribution is -2.42. The summed E-state index contributed by atoms with van der Waals surface area (Å²) >= 11 is 0. The standard InChI is InChI=1S/C17H26FN3O2/c1-2-19-17(20-9-13-5-7-15(18)8-6-13)21-10-16(22)12-23-11-14-3-4-14/h5-8,14,16,22H,2-4,9-12H2,1H3,(H2,19,20,21). The van der Waals surface area contributed by atoms with Crippen molar-refractivity contribution in [1.29, 1.82) is 0 Å². The molecule has 1 unspecified atom stereocenters. The van der Waals surface area contributed by atoms with Crippen molar-refractivity contribution in [2.24, 2.45) is 10.9 Å². The van der Waals surface area contributed by atoms with E-state index < -0.39 is 6.10 Å². The minimum Gasteiger partial charge on any atom is -0.389 e. The molecule has 0 radical (unpaired) electrons. The normalized spacial score (nSPS) is 16.2. The Morgan fingerprint density at radius 3 is 2.74 bits per heavy atom. The van der Waals surface area contributed by atoms with Gasteiger partial charge in [-0.15, -0.1) is 0 Å². The van der Waals surface area contributed by atoms with Gasteiger partial charge in [0.15, 0.2) is 5.96 Å². The summed E-state index contributed by atoms with van der Waals surface area (Å²) in [6.07, 6.45) is 1.92. The predicted molar refractivity (Wildman–Crippen MR) is 88.8 cm³/mol. The Balaban J connectivity index is 1.72. The molecule has 0 amide bonds. The van der Waals surface area contributed by atoms with Crippen LogP contribution in [0.15, 0.2) is 29.3 Å². The molecule has 1 aliphatic carbocycles. The fourth-order valence-corrected chi connectivity index (χ4v) is 2.03. The molecular formula is C17H26FN3O2. The van der Waals surface area contributed by atoms with Gasteiger partial charge in [-0.3, -0.25) is 0 Å². The molecule has 128 valence electrons. The van der Waals surface area contributed by atoms with Gasteiger partial charge in [-0.05, 0) is 43.4 Å². The van der Waals surface area contributed by atoms with Crippen molar-refractivity contribution in [2.45, 2.75) is 32.4 Å². The molecule has 1 aromatic rings. The van der Waals surface area contributed by atoms with Gasteiger partial charge in [-0.2, -0.15) is 0 Å². The summed E-state index contributed by atoms with van der Waals surface area (Å²) in [6, 6.07) is 6.27. The molecule has 0 heterocycles. The molecule has 0 aliphatic heterocycles. The minimum atomic E-state index is -0.566. The average molecular weight is 323 g/mol. The zero-order chi connectivity index (χ0) is 16.5. The highest BCUT2D eigenvalue weighted by molar-refractivity contribution is 5.79. The molecule has 3 N–H and O–H groups in total. The van der Waals surface area contributed by atoms with E-state index >= 15 is 0 Å². The molecule has 0 saturated heterocycles. The predicted octanol–water partition coefficient (Wildman–Crippen LogP) is 1.67. The molecule has 1 saturated carbocycles. The molecule has 1 aliphatic rings. The largest absolute Gasteiger partial charge is 0.389 e. The number of guanidine groups is 1. The van der Waals surface area contributed by atoms with Crippen molar-refractivity contribution in [3.8, 4) is 0 Å². The van der Waals surface area contributed by atoms with Crippen LogP contribution in [0.3, 0.4) is 0 Å². The van der Waals surface area contributed by atoms with Gasteiger partial charge in [0.25, 0.3) is 0 Å². The van der Waals surface area contributed by atoms with E-state index in [9.17, 15) is 9.50 Å². The van der Waals surface area contributed by atoms with Crippen molar-refractivity contribution in [3.63, 3.8) is 0 Å². The number of halogens is 1. The first-order valence-electron chi connectivity index (χ1n) is 8.19. The van der Waals surface area contributed by atoms with E-state index in [-0.39, 0.29) is 5.82 Å². The fraction of sp³-hybridized carbons (Fsp3) is 0.588. The molecule has 2 rings (SSSR count). The Hall–Kier alpha value is -1.66. The quantitative estimate of drug-likeness (QED) is 0.478. The lowest BCUT2D eigenvalue weighted by molar-refractivity contribution is 0.0345. The lowest BCUT2D eigenvalue weighted by atomic mass is 10.2. The summed E-state index contributed by atoms with van der Waals surface area (Å²) in [5, 5.41) is 16.1. The highest BCUT2D eigenvalue weighted by atomic mass is 19.1. The van der Waals surface area contributed by atoms with Gasteiger partial charge < -0.3 is 20.5 Å². The third-order valence-corrected chi connectivity index (χ3v) is 3.54. The smallest absolute Gasteiger partial charge is 0.191 e. The number of aliphatic hydroxyl groups is 1. The number of ether oxygens (including phenoxy) is 1. The molecule has 0 aromatic heterocycles. The van der Waals surface area contributed by atoms with E-state index in [0.717, 1.165) is 18.7 Å². The highest BCUT2D eigenvalue weighted by Crippen LogP contribution is 2.28. The van der Waals surface area contributed by atoms with E-state index in [1.165, 1.54) is 25.0 Å². The van der Waals surface area contributed by atoms with Gasteiger partial charge in [0.1, 0.15) is 5.82 Å². The zero-order valence-corrected chi connectivity index (χ0v) is 13.6. The number of hydrogen-bond donors (Lipinski definition) is 3. The van der Waals surface area contributed by atoms with Crippen molar-refractivity contribution >= 4 is 5.96 Å². The second-order valence-electron chi connectivity index (χ2n) is 5.84. The summed E-state index contributed by atoms with van der Waals surface area (Å²) in [5.41, 5.74) is 0.928. The van der Waals surface area contributed by atoms with E-state index in [4.69, 9.17) is 4.74 Å². The molecule has 1 atom stereocenters. The monoisotopic (exact) mass is 323 g/mol. The van der Waals surface area contributed by atoms with Crippen LogP contribution in [0.5, 0.6) is 0 Å². The van der Waals surface area contributed by atoms with Gasteiger partial charge in [0, 0.05) is 19.7 Å². The minimum absolute atomic E-state index is 0.253. The summed E-state index contributed by atoms with van der Waals surface area (Å²) in [7, 11) is 0. The second kappa shape index (κ2) is 9.47. The summed E-state index contributed by atoms with van der Waals surface area (Å²) < 4.78 is 18.3. The van der Waals surface area contributed by atoms with Gasteiger partial charge >= 0.3 is 0 Å². The third kappa shape index (κ3) is 7.43. The maximum absolute atomic E-state index is 12.9. The molecule has 23 heavy (non-hydrogen) atoms. The summed E-state index contributed by atoms with van der Waals surface area (Å²) in [4.78, 5) is 4.42. The van der Waals surface area contributed by atoms with Crippen LogP contribution in [-0.4, -0.2) is 43.5 Å². The Bertz CT molecular complexity index is 489. The van der Waals surface area contributed by atoms with Gasteiger partial charge in [-0.25, -0.2) is 9.38 Å². The third-order valence-electron chi connectivity index (χ3n) is 3.54. The Morgan fingerprint density at radius 2 is 2.09 bits per heavy atom. The Morgan fingerprint density at radius 1 is 1.35 bits per heavy atom. The first-order valence-corrected chi connectivity index (χ1v) is 8.19.